The van der Waals surface area contributed by atoms with Crippen molar-refractivity contribution < 1.29 is 9.47 Å². The molecule has 4 nitrogen and oxygen atoms in total. The maximum absolute atomic E-state index is 5.59. The van der Waals surface area contributed by atoms with Crippen LogP contribution in [0.25, 0.3) is 11.0 Å². The summed E-state index contributed by atoms with van der Waals surface area (Å²) in [5.41, 5.74) is 2.09. The first-order valence-corrected chi connectivity index (χ1v) is 7.01. The van der Waals surface area contributed by atoms with Crippen LogP contribution in [0.1, 0.15) is 19.8 Å². The van der Waals surface area contributed by atoms with Gasteiger partial charge in [-0.2, -0.15) is 0 Å². The molecule has 19 heavy (non-hydrogen) atoms. The zero-order chi connectivity index (χ0) is 13.7. The molecule has 1 aromatic heterocycles. The van der Waals surface area contributed by atoms with Crippen LogP contribution in [0.4, 0.5) is 0 Å². The first-order chi connectivity index (χ1) is 9.26. The van der Waals surface area contributed by atoms with Gasteiger partial charge in [0, 0.05) is 19.2 Å². The highest BCUT2D eigenvalue weighted by Crippen LogP contribution is 2.20. The van der Waals surface area contributed by atoms with Crippen LogP contribution in [-0.2, 0) is 11.3 Å². The molecule has 0 atom stereocenters. The van der Waals surface area contributed by atoms with Gasteiger partial charge >= 0.3 is 0 Å². The summed E-state index contributed by atoms with van der Waals surface area (Å²) in [5.74, 6) is 0.829. The van der Waals surface area contributed by atoms with E-state index in [0.717, 1.165) is 47.5 Å². The number of benzene rings is 1. The lowest BCUT2D eigenvalue weighted by Gasteiger charge is -2.06. The molecule has 0 bridgehead atoms. The SMILES string of the molecule is CCCCOCCn1c(=S)[nH]c2cc(OC)ccc21. The van der Waals surface area contributed by atoms with Crippen molar-refractivity contribution in [1.29, 1.82) is 0 Å². The van der Waals surface area contributed by atoms with E-state index in [-0.39, 0.29) is 0 Å². The monoisotopic (exact) mass is 280 g/mol. The van der Waals surface area contributed by atoms with Crippen molar-refractivity contribution in [2.24, 2.45) is 0 Å². The van der Waals surface area contributed by atoms with Gasteiger partial charge in [-0.3, -0.25) is 0 Å². The third-order valence-electron chi connectivity index (χ3n) is 3.08. The van der Waals surface area contributed by atoms with Crippen molar-refractivity contribution in [3.8, 4) is 5.75 Å². The number of H-pyrrole nitrogens is 1. The van der Waals surface area contributed by atoms with Crippen LogP contribution < -0.4 is 4.74 Å². The predicted octanol–water partition coefficient (Wildman–Crippen LogP) is 3.52. The lowest BCUT2D eigenvalue weighted by molar-refractivity contribution is 0.124. The first-order valence-electron chi connectivity index (χ1n) is 6.60. The number of methoxy groups -OCH3 is 1. The Labute approximate surface area is 118 Å². The predicted molar refractivity (Wildman–Crippen MR) is 79.4 cm³/mol. The molecule has 0 amide bonds. The number of unbranched alkanes of at least 4 members (excludes halogenated alkanes) is 1. The van der Waals surface area contributed by atoms with Gasteiger partial charge in [-0.15, -0.1) is 0 Å². The van der Waals surface area contributed by atoms with Crippen LogP contribution in [0, 0.1) is 4.77 Å². The Morgan fingerprint density at radius 3 is 2.89 bits per heavy atom. The highest BCUT2D eigenvalue weighted by Gasteiger charge is 2.05. The smallest absolute Gasteiger partial charge is 0.178 e. The Balaban J connectivity index is 2.10. The zero-order valence-corrected chi connectivity index (χ0v) is 12.3. The molecule has 0 saturated carbocycles. The van der Waals surface area contributed by atoms with Gasteiger partial charge in [-0.1, -0.05) is 13.3 Å². The molecule has 0 spiro atoms. The molecule has 2 rings (SSSR count). The Morgan fingerprint density at radius 2 is 2.16 bits per heavy atom. The van der Waals surface area contributed by atoms with Crippen LogP contribution in [0.15, 0.2) is 18.2 Å². The number of hydrogen-bond acceptors (Lipinski definition) is 3. The second kappa shape index (κ2) is 6.73. The van der Waals surface area contributed by atoms with Crippen LogP contribution in [-0.4, -0.2) is 29.9 Å². The normalized spacial score (nSPS) is 11.1. The van der Waals surface area contributed by atoms with E-state index >= 15 is 0 Å². The Kier molecular flexibility index (Phi) is 4.99. The number of hydrogen-bond donors (Lipinski definition) is 1. The fraction of sp³-hybridized carbons (Fsp3) is 0.500. The van der Waals surface area contributed by atoms with Gasteiger partial charge in [0.25, 0.3) is 0 Å². The van der Waals surface area contributed by atoms with E-state index in [1.807, 2.05) is 18.2 Å². The molecule has 1 aromatic carbocycles. The van der Waals surface area contributed by atoms with E-state index < -0.39 is 0 Å². The molecule has 0 aliphatic heterocycles. The topological polar surface area (TPSA) is 39.2 Å². The summed E-state index contributed by atoms with van der Waals surface area (Å²) in [6, 6.07) is 5.92. The Morgan fingerprint density at radius 1 is 1.32 bits per heavy atom. The minimum absolute atomic E-state index is 0.688. The number of nitrogens with zero attached hydrogens (tertiary/aromatic N) is 1. The Bertz CT molecular complexity index is 589. The molecule has 5 heteroatoms. The molecule has 0 saturated heterocycles. The van der Waals surface area contributed by atoms with Crippen molar-refractivity contribution in [2.75, 3.05) is 20.3 Å². The van der Waals surface area contributed by atoms with Gasteiger partial charge < -0.3 is 19.0 Å². The van der Waals surface area contributed by atoms with E-state index in [1.54, 1.807) is 7.11 Å². The molecule has 2 aromatic rings. The molecule has 1 heterocycles. The van der Waals surface area contributed by atoms with E-state index in [0.29, 0.717) is 6.61 Å². The van der Waals surface area contributed by atoms with Gasteiger partial charge in [-0.25, -0.2) is 0 Å². The molecule has 0 aliphatic carbocycles. The van der Waals surface area contributed by atoms with Crippen molar-refractivity contribution in [3.63, 3.8) is 0 Å². The highest BCUT2D eigenvalue weighted by molar-refractivity contribution is 7.71. The maximum atomic E-state index is 5.59. The van der Waals surface area contributed by atoms with Gasteiger partial charge in [-0.05, 0) is 30.8 Å². The molecule has 0 fully saturated rings. The number of ether oxygens (including phenoxy) is 2. The maximum Gasteiger partial charge on any atom is 0.178 e. The number of rotatable bonds is 7. The fourth-order valence-corrected chi connectivity index (χ4v) is 2.30. The van der Waals surface area contributed by atoms with E-state index in [4.69, 9.17) is 21.7 Å². The standard InChI is InChI=1S/C14H20N2O2S/c1-3-4-8-18-9-7-16-13-6-5-11(17-2)10-12(13)15-14(16)19/h5-6,10H,3-4,7-9H2,1-2H3,(H,15,19). The third kappa shape index (κ3) is 3.36. The molecular formula is C14H20N2O2S. The van der Waals surface area contributed by atoms with Crippen molar-refractivity contribution in [2.45, 2.75) is 26.3 Å². The third-order valence-corrected chi connectivity index (χ3v) is 3.41. The molecule has 1 N–H and O–H groups in total. The number of imidazole rings is 1. The number of aromatic amines is 1. The molecule has 0 radical (unpaired) electrons. The minimum atomic E-state index is 0.688. The van der Waals surface area contributed by atoms with Crippen LogP contribution >= 0.6 is 12.2 Å². The fourth-order valence-electron chi connectivity index (χ4n) is 2.00. The van der Waals surface area contributed by atoms with Gasteiger partial charge in [0.2, 0.25) is 0 Å². The molecule has 0 aliphatic rings. The quantitative estimate of drug-likeness (QED) is 0.623. The number of fused-ring (bicyclic) bond motifs is 1. The van der Waals surface area contributed by atoms with Crippen LogP contribution in [0.3, 0.4) is 0 Å². The minimum Gasteiger partial charge on any atom is -0.497 e. The largest absolute Gasteiger partial charge is 0.497 e. The molecule has 104 valence electrons. The van der Waals surface area contributed by atoms with Crippen LogP contribution in [0.5, 0.6) is 5.75 Å². The van der Waals surface area contributed by atoms with Crippen molar-refractivity contribution in [1.82, 2.24) is 9.55 Å². The second-order valence-corrected chi connectivity index (χ2v) is 4.82. The van der Waals surface area contributed by atoms with Gasteiger partial charge in [0.15, 0.2) is 4.77 Å². The summed E-state index contributed by atoms with van der Waals surface area (Å²) in [6.45, 7) is 4.44. The van der Waals surface area contributed by atoms with E-state index in [2.05, 4.69) is 16.5 Å². The van der Waals surface area contributed by atoms with E-state index in [9.17, 15) is 0 Å². The lowest BCUT2D eigenvalue weighted by Crippen LogP contribution is -2.06. The summed E-state index contributed by atoms with van der Waals surface area (Å²) in [6.07, 6.45) is 2.27. The summed E-state index contributed by atoms with van der Waals surface area (Å²) in [5, 5.41) is 0. The Hall–Kier alpha value is -1.33. The van der Waals surface area contributed by atoms with E-state index in [1.165, 1.54) is 0 Å². The molecule has 0 unspecified atom stereocenters. The first kappa shape index (κ1) is 14.1. The number of aromatic nitrogens is 2. The van der Waals surface area contributed by atoms with Gasteiger partial charge in [0.1, 0.15) is 5.75 Å². The van der Waals surface area contributed by atoms with Gasteiger partial charge in [0.05, 0.1) is 24.8 Å². The highest BCUT2D eigenvalue weighted by atomic mass is 32.1. The summed E-state index contributed by atoms with van der Waals surface area (Å²) in [7, 11) is 1.66. The average molecular weight is 280 g/mol. The second-order valence-electron chi connectivity index (χ2n) is 4.43. The molecular weight excluding hydrogens is 260 g/mol. The number of nitrogens with one attached hydrogen (secondary N) is 1. The van der Waals surface area contributed by atoms with Crippen molar-refractivity contribution >= 4 is 23.3 Å². The zero-order valence-electron chi connectivity index (χ0n) is 11.4. The van der Waals surface area contributed by atoms with Crippen LogP contribution in [0.2, 0.25) is 0 Å². The summed E-state index contributed by atoms with van der Waals surface area (Å²) >= 11 is 5.34. The van der Waals surface area contributed by atoms with Crippen molar-refractivity contribution in [3.05, 3.63) is 23.0 Å². The lowest BCUT2D eigenvalue weighted by atomic mass is 10.3. The summed E-state index contributed by atoms with van der Waals surface area (Å²) < 4.78 is 13.6. The summed E-state index contributed by atoms with van der Waals surface area (Å²) in [4.78, 5) is 3.20. The average Bonchev–Trinajstić information content (AvgIpc) is 2.73.